The lowest BCUT2D eigenvalue weighted by Gasteiger charge is -2.21. The van der Waals surface area contributed by atoms with E-state index in [-0.39, 0.29) is 17.1 Å². The Morgan fingerprint density at radius 2 is 1.91 bits per heavy atom. The number of benzene rings is 2. The molecule has 5 nitrogen and oxygen atoms in total. The van der Waals surface area contributed by atoms with Crippen molar-refractivity contribution in [1.29, 1.82) is 0 Å². The van der Waals surface area contributed by atoms with E-state index < -0.39 is 0 Å². The summed E-state index contributed by atoms with van der Waals surface area (Å²) in [6.07, 6.45) is 0.836. The summed E-state index contributed by atoms with van der Waals surface area (Å²) in [7, 11) is 2.09. The molecule has 32 heavy (non-hydrogen) atoms. The largest absolute Gasteiger partial charge is 0.301 e. The molecule has 0 unspecified atom stereocenters. The molecule has 1 aliphatic heterocycles. The molecule has 0 saturated carbocycles. The van der Waals surface area contributed by atoms with E-state index in [9.17, 15) is 9.59 Å². The van der Waals surface area contributed by atoms with Crippen LogP contribution in [0.15, 0.2) is 64.5 Å². The number of aromatic nitrogens is 2. The number of likely N-dealkylation sites (N-methyl/N-ethyl adjacent to an activating group) is 1. The first-order chi connectivity index (χ1) is 15.5. The Morgan fingerprint density at radius 3 is 2.66 bits per heavy atom. The molecule has 0 N–H and O–H groups in total. The Balaban J connectivity index is 1.61. The molecule has 1 aliphatic rings. The van der Waals surface area contributed by atoms with E-state index in [0.29, 0.717) is 26.8 Å². The molecule has 4 aromatic rings. The highest BCUT2D eigenvalue weighted by Crippen LogP contribution is 2.34. The molecule has 0 bridgehead atoms. The molecule has 0 amide bonds. The predicted molar refractivity (Wildman–Crippen MR) is 132 cm³/mol. The lowest BCUT2D eigenvalue weighted by atomic mass is 10.1. The Labute approximate surface area is 198 Å². The maximum atomic E-state index is 13.7. The molecule has 8 heteroatoms. The minimum absolute atomic E-state index is 0.000277. The third-order valence-corrected chi connectivity index (χ3v) is 7.85. The van der Waals surface area contributed by atoms with Crippen LogP contribution in [0.5, 0.6) is 0 Å². The molecule has 0 aliphatic carbocycles. The van der Waals surface area contributed by atoms with Gasteiger partial charge in [0, 0.05) is 28.6 Å². The molecule has 5 rings (SSSR count). The fourth-order valence-electron chi connectivity index (χ4n) is 3.90. The normalized spacial score (nSPS) is 13.9. The number of carbonyl (C=O) groups excluding carboxylic acids is 1. The fraction of sp³-hybridized carbons (Fsp3) is 0.208. The van der Waals surface area contributed by atoms with E-state index in [2.05, 4.69) is 11.9 Å². The van der Waals surface area contributed by atoms with Gasteiger partial charge in [0.05, 0.1) is 16.8 Å². The van der Waals surface area contributed by atoms with E-state index in [1.807, 2.05) is 30.3 Å². The Morgan fingerprint density at radius 1 is 1.16 bits per heavy atom. The Hall–Kier alpha value is -2.45. The highest BCUT2D eigenvalue weighted by Gasteiger charge is 2.24. The number of rotatable bonds is 5. The van der Waals surface area contributed by atoms with E-state index in [0.717, 1.165) is 29.9 Å². The van der Waals surface area contributed by atoms with Crippen molar-refractivity contribution in [2.24, 2.45) is 0 Å². The summed E-state index contributed by atoms with van der Waals surface area (Å²) in [4.78, 5) is 35.5. The second-order valence-corrected chi connectivity index (χ2v) is 10.2. The van der Waals surface area contributed by atoms with Crippen molar-refractivity contribution in [3.63, 3.8) is 0 Å². The Bertz CT molecular complexity index is 1360. The van der Waals surface area contributed by atoms with Gasteiger partial charge in [-0.15, -0.1) is 11.3 Å². The fourth-order valence-corrected chi connectivity index (χ4v) is 6.28. The summed E-state index contributed by atoms with van der Waals surface area (Å²) >= 11 is 8.95. The van der Waals surface area contributed by atoms with E-state index in [1.165, 1.54) is 16.6 Å². The van der Waals surface area contributed by atoms with Crippen LogP contribution in [0, 0.1) is 0 Å². The third kappa shape index (κ3) is 4.01. The minimum Gasteiger partial charge on any atom is -0.301 e. The smallest absolute Gasteiger partial charge is 0.267 e. The number of hydrogen-bond acceptors (Lipinski definition) is 6. The van der Waals surface area contributed by atoms with E-state index >= 15 is 0 Å². The Kier molecular flexibility index (Phi) is 5.90. The number of halogens is 1. The number of thioether (sulfide) groups is 1. The molecule has 162 valence electrons. The predicted octanol–water partition coefficient (Wildman–Crippen LogP) is 5.06. The highest BCUT2D eigenvalue weighted by molar-refractivity contribution is 7.99. The average Bonchev–Trinajstić information content (AvgIpc) is 3.16. The molecular weight excluding hydrogens is 462 g/mol. The summed E-state index contributed by atoms with van der Waals surface area (Å²) in [5.74, 6) is 0.198. The summed E-state index contributed by atoms with van der Waals surface area (Å²) in [6, 6.07) is 16.3. The molecule has 0 atom stereocenters. The van der Waals surface area contributed by atoms with Crippen molar-refractivity contribution in [1.82, 2.24) is 14.5 Å². The van der Waals surface area contributed by atoms with Crippen LogP contribution in [-0.2, 0) is 13.0 Å². The van der Waals surface area contributed by atoms with Crippen molar-refractivity contribution in [3.05, 3.63) is 86.0 Å². The average molecular weight is 482 g/mol. The van der Waals surface area contributed by atoms with Gasteiger partial charge in [-0.1, -0.05) is 53.7 Å². The molecule has 0 fully saturated rings. The number of ketones is 1. The topological polar surface area (TPSA) is 55.2 Å². The highest BCUT2D eigenvalue weighted by atomic mass is 35.5. The van der Waals surface area contributed by atoms with Crippen molar-refractivity contribution in [2.45, 2.75) is 18.1 Å². The van der Waals surface area contributed by atoms with Crippen molar-refractivity contribution in [3.8, 4) is 5.69 Å². The van der Waals surface area contributed by atoms with Crippen LogP contribution < -0.4 is 5.56 Å². The second kappa shape index (κ2) is 8.83. The van der Waals surface area contributed by atoms with Crippen LogP contribution >= 0.6 is 34.7 Å². The first-order valence-electron chi connectivity index (χ1n) is 10.2. The van der Waals surface area contributed by atoms with Crippen molar-refractivity contribution < 1.29 is 4.79 Å². The van der Waals surface area contributed by atoms with Crippen molar-refractivity contribution in [2.75, 3.05) is 19.3 Å². The zero-order valence-electron chi connectivity index (χ0n) is 17.4. The number of Topliss-reactive ketones (excluding diaryl/α,β-unsaturated/α-hetero) is 1. The van der Waals surface area contributed by atoms with Crippen LogP contribution in [0.25, 0.3) is 15.9 Å². The molecule has 0 spiro atoms. The number of thiophene rings is 1. The van der Waals surface area contributed by atoms with Gasteiger partial charge in [0.15, 0.2) is 10.9 Å². The van der Waals surface area contributed by atoms with Crippen LogP contribution in [0.1, 0.15) is 20.8 Å². The summed E-state index contributed by atoms with van der Waals surface area (Å²) in [6.45, 7) is 1.74. The standard InChI is InChI=1S/C24H20ClN3O2S2/c1-27-12-11-18-20(13-27)32-22-21(18)23(30)28(17-9-7-16(25)8-10-17)24(26-22)31-14-19(29)15-5-3-2-4-6-15/h2-10H,11-14H2,1H3. The van der Waals surface area contributed by atoms with Gasteiger partial charge < -0.3 is 4.90 Å². The maximum absolute atomic E-state index is 13.7. The number of fused-ring (bicyclic) bond motifs is 3. The van der Waals surface area contributed by atoms with Gasteiger partial charge >= 0.3 is 0 Å². The summed E-state index contributed by atoms with van der Waals surface area (Å²) in [5, 5.41) is 1.81. The van der Waals surface area contributed by atoms with E-state index in [1.54, 1.807) is 40.2 Å². The van der Waals surface area contributed by atoms with Crippen LogP contribution in [0.3, 0.4) is 0 Å². The van der Waals surface area contributed by atoms with Gasteiger partial charge in [-0.3, -0.25) is 14.2 Å². The molecule has 0 saturated heterocycles. The zero-order valence-corrected chi connectivity index (χ0v) is 19.8. The van der Waals surface area contributed by atoms with Crippen LogP contribution in [0.2, 0.25) is 5.02 Å². The second-order valence-electron chi connectivity index (χ2n) is 7.76. The number of hydrogen-bond donors (Lipinski definition) is 0. The SMILES string of the molecule is CN1CCc2c(sc3nc(SCC(=O)c4ccccc4)n(-c4ccc(Cl)cc4)c(=O)c23)C1. The third-order valence-electron chi connectivity index (χ3n) is 5.55. The van der Waals surface area contributed by atoms with Gasteiger partial charge in [-0.2, -0.15) is 0 Å². The lowest BCUT2D eigenvalue weighted by Crippen LogP contribution is -2.27. The molecule has 2 aromatic heterocycles. The molecule has 2 aromatic carbocycles. The van der Waals surface area contributed by atoms with Crippen LogP contribution in [0.4, 0.5) is 0 Å². The van der Waals surface area contributed by atoms with Gasteiger partial charge in [0.2, 0.25) is 0 Å². The quantitative estimate of drug-likeness (QED) is 0.226. The van der Waals surface area contributed by atoms with Crippen molar-refractivity contribution >= 4 is 50.7 Å². The number of carbonyl (C=O) groups is 1. The summed E-state index contributed by atoms with van der Waals surface area (Å²) < 4.78 is 1.62. The van der Waals surface area contributed by atoms with Gasteiger partial charge in [-0.25, -0.2) is 4.98 Å². The first-order valence-corrected chi connectivity index (χ1v) is 12.4. The molecular formula is C24H20ClN3O2S2. The maximum Gasteiger partial charge on any atom is 0.267 e. The molecule has 3 heterocycles. The van der Waals surface area contributed by atoms with Gasteiger partial charge in [-0.05, 0) is 43.3 Å². The van der Waals surface area contributed by atoms with Gasteiger partial charge in [0.1, 0.15) is 4.83 Å². The first kappa shape index (κ1) is 21.4. The lowest BCUT2D eigenvalue weighted by molar-refractivity contribution is 0.102. The number of nitrogens with zero attached hydrogens (tertiary/aromatic N) is 3. The molecule has 0 radical (unpaired) electrons. The zero-order chi connectivity index (χ0) is 22.2. The summed E-state index contributed by atoms with van der Waals surface area (Å²) in [5.41, 5.74) is 2.36. The minimum atomic E-state index is -0.0889. The van der Waals surface area contributed by atoms with E-state index in [4.69, 9.17) is 16.6 Å². The monoisotopic (exact) mass is 481 g/mol. The van der Waals surface area contributed by atoms with Crippen LogP contribution in [-0.4, -0.2) is 39.6 Å². The van der Waals surface area contributed by atoms with Gasteiger partial charge in [0.25, 0.3) is 5.56 Å².